The SMILES string of the molecule is Cc1cc2c(NCC(c3cccc(F)c3)N3CCOCC3)nccn2n1. The molecule has 0 amide bonds. The molecule has 0 bridgehead atoms. The van der Waals surface area contributed by atoms with E-state index in [2.05, 4.69) is 20.3 Å². The third-order valence-corrected chi connectivity index (χ3v) is 4.69. The number of nitrogens with one attached hydrogen (secondary N) is 1. The molecule has 1 aromatic carbocycles. The summed E-state index contributed by atoms with van der Waals surface area (Å²) < 4.78 is 21.1. The molecule has 0 aliphatic carbocycles. The van der Waals surface area contributed by atoms with Gasteiger partial charge in [-0.05, 0) is 30.7 Å². The smallest absolute Gasteiger partial charge is 0.152 e. The highest BCUT2D eigenvalue weighted by Crippen LogP contribution is 2.24. The minimum atomic E-state index is -0.215. The summed E-state index contributed by atoms with van der Waals surface area (Å²) in [5, 5.41) is 7.86. The van der Waals surface area contributed by atoms with Gasteiger partial charge < -0.3 is 10.1 Å². The van der Waals surface area contributed by atoms with Crippen LogP contribution in [0, 0.1) is 12.7 Å². The van der Waals surface area contributed by atoms with E-state index in [1.54, 1.807) is 18.3 Å². The number of hydrogen-bond acceptors (Lipinski definition) is 5. The molecule has 136 valence electrons. The summed E-state index contributed by atoms with van der Waals surface area (Å²) in [6.45, 7) is 5.63. The second-order valence-corrected chi connectivity index (χ2v) is 6.49. The zero-order valence-electron chi connectivity index (χ0n) is 14.7. The molecule has 1 aliphatic rings. The standard InChI is InChI=1S/C19H22FN5O/c1-14-11-17-19(21-5-6-25(17)23-14)22-13-18(24-7-9-26-10-8-24)15-3-2-4-16(20)12-15/h2-6,11-12,18H,7-10,13H2,1H3,(H,21,22). The Morgan fingerprint density at radius 2 is 2.12 bits per heavy atom. The molecule has 7 heteroatoms. The van der Waals surface area contributed by atoms with Crippen molar-refractivity contribution in [1.29, 1.82) is 0 Å². The van der Waals surface area contributed by atoms with Gasteiger partial charge in [0.1, 0.15) is 11.3 Å². The summed E-state index contributed by atoms with van der Waals surface area (Å²) in [4.78, 5) is 6.79. The lowest BCUT2D eigenvalue weighted by molar-refractivity contribution is 0.0186. The molecular weight excluding hydrogens is 333 g/mol. The lowest BCUT2D eigenvalue weighted by Gasteiger charge is -2.35. The van der Waals surface area contributed by atoms with E-state index in [-0.39, 0.29) is 11.9 Å². The van der Waals surface area contributed by atoms with Gasteiger partial charge in [-0.1, -0.05) is 12.1 Å². The Hall–Kier alpha value is -2.51. The van der Waals surface area contributed by atoms with Crippen LogP contribution in [-0.4, -0.2) is 52.3 Å². The monoisotopic (exact) mass is 355 g/mol. The summed E-state index contributed by atoms with van der Waals surface area (Å²) in [7, 11) is 0. The maximum atomic E-state index is 13.8. The molecule has 1 saturated heterocycles. The minimum absolute atomic E-state index is 0.0423. The molecule has 0 saturated carbocycles. The Balaban J connectivity index is 1.59. The molecule has 1 fully saturated rings. The fourth-order valence-corrected chi connectivity index (χ4v) is 3.43. The third-order valence-electron chi connectivity index (χ3n) is 4.69. The first-order valence-electron chi connectivity index (χ1n) is 8.83. The van der Waals surface area contributed by atoms with Gasteiger partial charge in [-0.3, -0.25) is 4.90 Å². The van der Waals surface area contributed by atoms with Crippen molar-refractivity contribution in [3.8, 4) is 0 Å². The first-order chi connectivity index (χ1) is 12.7. The summed E-state index contributed by atoms with van der Waals surface area (Å²) in [5.74, 6) is 0.565. The van der Waals surface area contributed by atoms with E-state index < -0.39 is 0 Å². The summed E-state index contributed by atoms with van der Waals surface area (Å²) >= 11 is 0. The maximum Gasteiger partial charge on any atom is 0.152 e. The average Bonchev–Trinajstić information content (AvgIpc) is 3.04. The van der Waals surface area contributed by atoms with Gasteiger partial charge in [-0.15, -0.1) is 0 Å². The van der Waals surface area contributed by atoms with E-state index in [9.17, 15) is 4.39 Å². The van der Waals surface area contributed by atoms with Gasteiger partial charge in [-0.25, -0.2) is 13.9 Å². The molecule has 0 spiro atoms. The van der Waals surface area contributed by atoms with Gasteiger partial charge in [0, 0.05) is 32.0 Å². The normalized spacial score (nSPS) is 16.7. The van der Waals surface area contributed by atoms with Crippen molar-refractivity contribution in [3.05, 3.63) is 59.8 Å². The number of benzene rings is 1. The maximum absolute atomic E-state index is 13.8. The van der Waals surface area contributed by atoms with E-state index in [1.165, 1.54) is 6.07 Å². The number of nitrogens with zero attached hydrogens (tertiary/aromatic N) is 4. The average molecular weight is 355 g/mol. The van der Waals surface area contributed by atoms with Crippen LogP contribution in [0.1, 0.15) is 17.3 Å². The third kappa shape index (κ3) is 3.54. The van der Waals surface area contributed by atoms with Crippen molar-refractivity contribution in [2.45, 2.75) is 13.0 Å². The van der Waals surface area contributed by atoms with Crippen molar-refractivity contribution in [1.82, 2.24) is 19.5 Å². The molecule has 4 rings (SSSR count). The molecule has 26 heavy (non-hydrogen) atoms. The zero-order valence-corrected chi connectivity index (χ0v) is 14.7. The lowest BCUT2D eigenvalue weighted by Crippen LogP contribution is -2.41. The molecule has 1 N–H and O–H groups in total. The highest BCUT2D eigenvalue weighted by Gasteiger charge is 2.23. The first kappa shape index (κ1) is 16.9. The van der Waals surface area contributed by atoms with Crippen molar-refractivity contribution < 1.29 is 9.13 Å². The first-order valence-corrected chi connectivity index (χ1v) is 8.83. The van der Waals surface area contributed by atoms with E-state index in [1.807, 2.05) is 29.8 Å². The Morgan fingerprint density at radius 3 is 2.92 bits per heavy atom. The second kappa shape index (κ2) is 7.39. The van der Waals surface area contributed by atoms with Crippen LogP contribution in [0.4, 0.5) is 10.2 Å². The van der Waals surface area contributed by atoms with Crippen LogP contribution < -0.4 is 5.32 Å². The van der Waals surface area contributed by atoms with Crippen LogP contribution in [-0.2, 0) is 4.74 Å². The largest absolute Gasteiger partial charge is 0.379 e. The fraction of sp³-hybridized carbons (Fsp3) is 0.368. The van der Waals surface area contributed by atoms with E-state index in [0.29, 0.717) is 19.8 Å². The number of aryl methyl sites for hydroxylation is 1. The van der Waals surface area contributed by atoms with E-state index in [0.717, 1.165) is 35.7 Å². The minimum Gasteiger partial charge on any atom is -0.379 e. The Bertz CT molecular complexity index is 891. The summed E-state index contributed by atoms with van der Waals surface area (Å²) in [5.41, 5.74) is 2.83. The summed E-state index contributed by atoms with van der Waals surface area (Å²) in [6.07, 6.45) is 3.56. The molecule has 3 aromatic rings. The van der Waals surface area contributed by atoms with Crippen molar-refractivity contribution >= 4 is 11.3 Å². The van der Waals surface area contributed by atoms with Crippen molar-refractivity contribution in [2.24, 2.45) is 0 Å². The fourth-order valence-electron chi connectivity index (χ4n) is 3.43. The highest BCUT2D eigenvalue weighted by atomic mass is 19.1. The highest BCUT2D eigenvalue weighted by molar-refractivity contribution is 5.67. The molecule has 1 atom stereocenters. The molecule has 0 radical (unpaired) electrons. The molecule has 1 unspecified atom stereocenters. The van der Waals surface area contributed by atoms with Crippen LogP contribution in [0.15, 0.2) is 42.7 Å². The van der Waals surface area contributed by atoms with Gasteiger partial charge in [-0.2, -0.15) is 5.10 Å². The van der Waals surface area contributed by atoms with Gasteiger partial charge >= 0.3 is 0 Å². The van der Waals surface area contributed by atoms with Crippen LogP contribution in [0.25, 0.3) is 5.52 Å². The number of morpholine rings is 1. The van der Waals surface area contributed by atoms with Crippen LogP contribution in [0.2, 0.25) is 0 Å². The zero-order chi connectivity index (χ0) is 17.9. The predicted molar refractivity (Wildman–Crippen MR) is 97.7 cm³/mol. The van der Waals surface area contributed by atoms with Gasteiger partial charge in [0.2, 0.25) is 0 Å². The number of halogens is 1. The summed E-state index contributed by atoms with van der Waals surface area (Å²) in [6, 6.07) is 8.87. The second-order valence-electron chi connectivity index (χ2n) is 6.49. The number of aromatic nitrogens is 3. The molecule has 2 aromatic heterocycles. The van der Waals surface area contributed by atoms with Gasteiger partial charge in [0.05, 0.1) is 24.9 Å². The Morgan fingerprint density at radius 1 is 1.27 bits per heavy atom. The van der Waals surface area contributed by atoms with Gasteiger partial charge in [0.25, 0.3) is 0 Å². The number of ether oxygens (including phenoxy) is 1. The lowest BCUT2D eigenvalue weighted by atomic mass is 10.0. The molecule has 6 nitrogen and oxygen atoms in total. The van der Waals surface area contributed by atoms with Gasteiger partial charge in [0.15, 0.2) is 5.82 Å². The van der Waals surface area contributed by atoms with E-state index >= 15 is 0 Å². The van der Waals surface area contributed by atoms with Crippen LogP contribution in [0.5, 0.6) is 0 Å². The van der Waals surface area contributed by atoms with Crippen LogP contribution in [0.3, 0.4) is 0 Å². The van der Waals surface area contributed by atoms with E-state index in [4.69, 9.17) is 4.74 Å². The van der Waals surface area contributed by atoms with Crippen molar-refractivity contribution in [2.75, 3.05) is 38.2 Å². The number of hydrogen-bond donors (Lipinski definition) is 1. The predicted octanol–water partition coefficient (Wildman–Crippen LogP) is 2.66. The Kier molecular flexibility index (Phi) is 4.81. The molecular formula is C19H22FN5O. The number of fused-ring (bicyclic) bond motifs is 1. The molecule has 1 aliphatic heterocycles. The number of rotatable bonds is 5. The quantitative estimate of drug-likeness (QED) is 0.763. The Labute approximate surface area is 151 Å². The van der Waals surface area contributed by atoms with Crippen LogP contribution >= 0.6 is 0 Å². The molecule has 3 heterocycles. The topological polar surface area (TPSA) is 54.7 Å². The van der Waals surface area contributed by atoms with Crippen molar-refractivity contribution in [3.63, 3.8) is 0 Å². The number of anilines is 1.